The van der Waals surface area contributed by atoms with Gasteiger partial charge in [-0.1, -0.05) is 28.1 Å². The SMILES string of the molecule is COC(=O)[CH]Cc1ccc(Br)cc1. The maximum absolute atomic E-state index is 10.8. The molecule has 0 spiro atoms. The van der Waals surface area contributed by atoms with Gasteiger partial charge in [0.1, 0.15) is 0 Å². The van der Waals surface area contributed by atoms with Crippen molar-refractivity contribution in [1.29, 1.82) is 0 Å². The Hall–Kier alpha value is -0.830. The molecule has 3 heteroatoms. The van der Waals surface area contributed by atoms with Crippen LogP contribution in [0.5, 0.6) is 0 Å². The normalized spacial score (nSPS) is 9.69. The Morgan fingerprint density at radius 2 is 2.08 bits per heavy atom. The lowest BCUT2D eigenvalue weighted by Crippen LogP contribution is -2.02. The standard InChI is InChI=1S/C10H10BrO2/c1-13-10(12)7-4-8-2-5-9(11)6-3-8/h2-3,5-7H,4H2,1H3. The van der Waals surface area contributed by atoms with Gasteiger partial charge < -0.3 is 4.74 Å². The highest BCUT2D eigenvalue weighted by Crippen LogP contribution is 2.11. The summed E-state index contributed by atoms with van der Waals surface area (Å²) in [7, 11) is 1.38. The van der Waals surface area contributed by atoms with E-state index in [9.17, 15) is 4.79 Å². The quantitative estimate of drug-likeness (QED) is 0.760. The van der Waals surface area contributed by atoms with Crippen molar-refractivity contribution in [3.05, 3.63) is 40.7 Å². The number of carbonyl (C=O) groups is 1. The largest absolute Gasteiger partial charge is 0.469 e. The fourth-order valence-electron chi connectivity index (χ4n) is 0.905. The number of esters is 1. The van der Waals surface area contributed by atoms with Crippen LogP contribution in [0.15, 0.2) is 28.7 Å². The van der Waals surface area contributed by atoms with E-state index in [1.165, 1.54) is 13.5 Å². The minimum atomic E-state index is -0.289. The summed E-state index contributed by atoms with van der Waals surface area (Å²) in [5.74, 6) is -0.289. The molecule has 1 aromatic rings. The summed E-state index contributed by atoms with van der Waals surface area (Å²) in [6.45, 7) is 0. The van der Waals surface area contributed by atoms with Crippen LogP contribution in [0.2, 0.25) is 0 Å². The van der Waals surface area contributed by atoms with E-state index < -0.39 is 0 Å². The summed E-state index contributed by atoms with van der Waals surface area (Å²) in [5.41, 5.74) is 1.09. The molecule has 0 saturated heterocycles. The molecule has 69 valence electrons. The van der Waals surface area contributed by atoms with Crippen LogP contribution in [-0.4, -0.2) is 13.1 Å². The number of methoxy groups -OCH3 is 1. The van der Waals surface area contributed by atoms with Gasteiger partial charge in [-0.3, -0.25) is 4.79 Å². The molecule has 2 nitrogen and oxygen atoms in total. The molecule has 0 aliphatic rings. The Morgan fingerprint density at radius 1 is 1.46 bits per heavy atom. The zero-order valence-electron chi connectivity index (χ0n) is 7.29. The molecule has 0 amide bonds. The van der Waals surface area contributed by atoms with E-state index >= 15 is 0 Å². The molecule has 0 atom stereocenters. The third-order valence-electron chi connectivity index (χ3n) is 1.62. The molecular formula is C10H10BrO2. The first-order chi connectivity index (χ1) is 6.22. The molecule has 0 aliphatic carbocycles. The lowest BCUT2D eigenvalue weighted by molar-refractivity contribution is -0.136. The Morgan fingerprint density at radius 3 is 2.62 bits per heavy atom. The topological polar surface area (TPSA) is 26.3 Å². The summed E-state index contributed by atoms with van der Waals surface area (Å²) in [5, 5.41) is 0. The molecule has 0 saturated carbocycles. The van der Waals surface area contributed by atoms with Crippen molar-refractivity contribution in [2.24, 2.45) is 0 Å². The molecule has 0 aliphatic heterocycles. The predicted octanol–water partition coefficient (Wildman–Crippen LogP) is 2.37. The van der Waals surface area contributed by atoms with E-state index in [2.05, 4.69) is 20.7 Å². The Bertz CT molecular complexity index is 279. The first-order valence-corrected chi connectivity index (χ1v) is 4.67. The number of hydrogen-bond acceptors (Lipinski definition) is 2. The van der Waals surface area contributed by atoms with Crippen LogP contribution >= 0.6 is 15.9 Å². The van der Waals surface area contributed by atoms with Crippen LogP contribution < -0.4 is 0 Å². The van der Waals surface area contributed by atoms with E-state index in [0.717, 1.165) is 10.0 Å². The van der Waals surface area contributed by atoms with Gasteiger partial charge >= 0.3 is 5.97 Å². The number of rotatable bonds is 3. The van der Waals surface area contributed by atoms with E-state index in [4.69, 9.17) is 0 Å². The Balaban J connectivity index is 2.46. The average molecular weight is 242 g/mol. The van der Waals surface area contributed by atoms with Gasteiger partial charge in [-0.15, -0.1) is 0 Å². The van der Waals surface area contributed by atoms with Gasteiger partial charge in [0.25, 0.3) is 0 Å². The van der Waals surface area contributed by atoms with Crippen LogP contribution in [0.4, 0.5) is 0 Å². The van der Waals surface area contributed by atoms with Crippen molar-refractivity contribution >= 4 is 21.9 Å². The molecule has 0 aromatic heterocycles. The fourth-order valence-corrected chi connectivity index (χ4v) is 1.17. The lowest BCUT2D eigenvalue weighted by atomic mass is 10.1. The van der Waals surface area contributed by atoms with Crippen molar-refractivity contribution in [1.82, 2.24) is 0 Å². The summed E-state index contributed by atoms with van der Waals surface area (Å²) in [6.07, 6.45) is 2.13. The first kappa shape index (κ1) is 10.3. The minimum Gasteiger partial charge on any atom is -0.469 e. The van der Waals surface area contributed by atoms with Gasteiger partial charge in [-0.05, 0) is 24.1 Å². The molecule has 1 aromatic carbocycles. The Kier molecular flexibility index (Phi) is 3.96. The predicted molar refractivity (Wildman–Crippen MR) is 54.2 cm³/mol. The number of ether oxygens (including phenoxy) is 1. The number of carbonyl (C=O) groups excluding carboxylic acids is 1. The van der Waals surface area contributed by atoms with Crippen molar-refractivity contribution in [2.75, 3.05) is 7.11 Å². The Labute approximate surface area is 86.0 Å². The van der Waals surface area contributed by atoms with Crippen LogP contribution in [0, 0.1) is 6.42 Å². The molecule has 0 heterocycles. The smallest absolute Gasteiger partial charge is 0.309 e. The summed E-state index contributed by atoms with van der Waals surface area (Å²) < 4.78 is 5.53. The van der Waals surface area contributed by atoms with E-state index in [-0.39, 0.29) is 5.97 Å². The van der Waals surface area contributed by atoms with Gasteiger partial charge in [0.2, 0.25) is 0 Å². The second kappa shape index (κ2) is 5.02. The summed E-state index contributed by atoms with van der Waals surface area (Å²) in [6, 6.07) is 7.81. The van der Waals surface area contributed by atoms with Gasteiger partial charge in [-0.25, -0.2) is 0 Å². The monoisotopic (exact) mass is 241 g/mol. The van der Waals surface area contributed by atoms with Crippen LogP contribution in [-0.2, 0) is 16.0 Å². The van der Waals surface area contributed by atoms with Crippen molar-refractivity contribution in [2.45, 2.75) is 6.42 Å². The summed E-state index contributed by atoms with van der Waals surface area (Å²) in [4.78, 5) is 10.8. The molecule has 0 fully saturated rings. The number of benzene rings is 1. The van der Waals surface area contributed by atoms with Gasteiger partial charge in [0.15, 0.2) is 0 Å². The maximum Gasteiger partial charge on any atom is 0.309 e. The van der Waals surface area contributed by atoms with Crippen LogP contribution in [0.1, 0.15) is 5.56 Å². The van der Waals surface area contributed by atoms with Crippen molar-refractivity contribution < 1.29 is 9.53 Å². The van der Waals surface area contributed by atoms with Crippen molar-refractivity contribution in [3.63, 3.8) is 0 Å². The molecule has 1 radical (unpaired) electrons. The number of hydrogen-bond donors (Lipinski definition) is 0. The zero-order valence-corrected chi connectivity index (χ0v) is 8.87. The average Bonchev–Trinajstić information content (AvgIpc) is 2.16. The highest BCUT2D eigenvalue weighted by Gasteiger charge is 2.01. The van der Waals surface area contributed by atoms with E-state index in [0.29, 0.717) is 6.42 Å². The van der Waals surface area contributed by atoms with E-state index in [1.54, 1.807) is 0 Å². The lowest BCUT2D eigenvalue weighted by Gasteiger charge is -1.99. The minimum absolute atomic E-state index is 0.289. The van der Waals surface area contributed by atoms with E-state index in [1.807, 2.05) is 24.3 Å². The van der Waals surface area contributed by atoms with Gasteiger partial charge in [0.05, 0.1) is 13.5 Å². The maximum atomic E-state index is 10.8. The second-order valence-corrected chi connectivity index (χ2v) is 3.47. The van der Waals surface area contributed by atoms with Crippen molar-refractivity contribution in [3.8, 4) is 0 Å². The van der Waals surface area contributed by atoms with Gasteiger partial charge in [0, 0.05) is 4.47 Å². The van der Waals surface area contributed by atoms with Gasteiger partial charge in [-0.2, -0.15) is 0 Å². The van der Waals surface area contributed by atoms with Crippen LogP contribution in [0.3, 0.4) is 0 Å². The second-order valence-electron chi connectivity index (χ2n) is 2.56. The number of halogens is 1. The third kappa shape index (κ3) is 3.59. The molecule has 13 heavy (non-hydrogen) atoms. The van der Waals surface area contributed by atoms with Crippen LogP contribution in [0.25, 0.3) is 0 Å². The molecular weight excluding hydrogens is 232 g/mol. The third-order valence-corrected chi connectivity index (χ3v) is 2.15. The molecule has 0 unspecified atom stereocenters. The molecule has 0 bridgehead atoms. The highest BCUT2D eigenvalue weighted by molar-refractivity contribution is 9.10. The fraction of sp³-hybridized carbons (Fsp3) is 0.200. The molecule has 1 rings (SSSR count). The highest BCUT2D eigenvalue weighted by atomic mass is 79.9. The molecule has 0 N–H and O–H groups in total. The zero-order chi connectivity index (χ0) is 9.68. The first-order valence-electron chi connectivity index (χ1n) is 3.88. The summed E-state index contributed by atoms with van der Waals surface area (Å²) >= 11 is 3.34.